The second-order valence-electron chi connectivity index (χ2n) is 6.94. The summed E-state index contributed by atoms with van der Waals surface area (Å²) in [6, 6.07) is 12.3. The SMILES string of the molecule is Cc1ccc(S(=O)(=O)NCC(=O)N2CCN(c3cc(Cl)ccc3C)CC2)cc1. The van der Waals surface area contributed by atoms with Crippen LogP contribution in [0.3, 0.4) is 0 Å². The Bertz CT molecular complexity index is 953. The molecule has 1 amide bonds. The van der Waals surface area contributed by atoms with Crippen LogP contribution in [0.5, 0.6) is 0 Å². The van der Waals surface area contributed by atoms with Gasteiger partial charge in [0.15, 0.2) is 0 Å². The first-order valence-corrected chi connectivity index (χ1v) is 11.0. The van der Waals surface area contributed by atoms with Gasteiger partial charge in [-0.15, -0.1) is 0 Å². The highest BCUT2D eigenvalue weighted by atomic mass is 35.5. The number of nitrogens with zero attached hydrogens (tertiary/aromatic N) is 2. The molecule has 1 aliphatic heterocycles. The Labute approximate surface area is 171 Å². The van der Waals surface area contributed by atoms with Crippen LogP contribution in [0.2, 0.25) is 5.02 Å². The van der Waals surface area contributed by atoms with E-state index in [4.69, 9.17) is 11.6 Å². The highest BCUT2D eigenvalue weighted by Crippen LogP contribution is 2.25. The van der Waals surface area contributed by atoms with Gasteiger partial charge in [0.05, 0.1) is 11.4 Å². The molecule has 8 heteroatoms. The molecule has 3 rings (SSSR count). The van der Waals surface area contributed by atoms with E-state index in [1.165, 1.54) is 12.1 Å². The number of rotatable bonds is 5. The molecule has 0 bridgehead atoms. The van der Waals surface area contributed by atoms with Gasteiger partial charge in [0.1, 0.15) is 0 Å². The Hall–Kier alpha value is -2.09. The summed E-state index contributed by atoms with van der Waals surface area (Å²) < 4.78 is 27.1. The Morgan fingerprint density at radius 2 is 1.68 bits per heavy atom. The summed E-state index contributed by atoms with van der Waals surface area (Å²) in [5.74, 6) is -0.224. The smallest absolute Gasteiger partial charge is 0.241 e. The van der Waals surface area contributed by atoms with E-state index in [0.29, 0.717) is 31.2 Å². The Kier molecular flexibility index (Phi) is 6.27. The highest BCUT2D eigenvalue weighted by molar-refractivity contribution is 7.89. The lowest BCUT2D eigenvalue weighted by atomic mass is 10.1. The first-order valence-electron chi connectivity index (χ1n) is 9.11. The maximum Gasteiger partial charge on any atom is 0.241 e. The van der Waals surface area contributed by atoms with Crippen molar-refractivity contribution >= 4 is 33.2 Å². The largest absolute Gasteiger partial charge is 0.368 e. The Morgan fingerprint density at radius 3 is 2.32 bits per heavy atom. The van der Waals surface area contributed by atoms with E-state index in [1.54, 1.807) is 17.0 Å². The molecule has 2 aromatic carbocycles. The van der Waals surface area contributed by atoms with E-state index < -0.39 is 10.0 Å². The van der Waals surface area contributed by atoms with Crippen molar-refractivity contribution in [3.63, 3.8) is 0 Å². The summed E-state index contributed by atoms with van der Waals surface area (Å²) in [6.45, 7) is 6.11. The van der Waals surface area contributed by atoms with E-state index in [1.807, 2.05) is 32.0 Å². The molecule has 28 heavy (non-hydrogen) atoms. The Balaban J connectivity index is 1.55. The fourth-order valence-electron chi connectivity index (χ4n) is 3.19. The van der Waals surface area contributed by atoms with Gasteiger partial charge in [-0.1, -0.05) is 35.4 Å². The van der Waals surface area contributed by atoms with Crippen molar-refractivity contribution in [3.8, 4) is 0 Å². The van der Waals surface area contributed by atoms with E-state index in [-0.39, 0.29) is 17.3 Å². The second kappa shape index (κ2) is 8.51. The fourth-order valence-corrected chi connectivity index (χ4v) is 4.33. The fraction of sp³-hybridized carbons (Fsp3) is 0.350. The summed E-state index contributed by atoms with van der Waals surface area (Å²) in [4.78, 5) is 16.5. The summed E-state index contributed by atoms with van der Waals surface area (Å²) in [7, 11) is -3.70. The van der Waals surface area contributed by atoms with E-state index in [2.05, 4.69) is 9.62 Å². The third-order valence-corrected chi connectivity index (χ3v) is 6.54. The van der Waals surface area contributed by atoms with Crippen molar-refractivity contribution in [2.45, 2.75) is 18.7 Å². The summed E-state index contributed by atoms with van der Waals surface area (Å²) >= 11 is 6.10. The average Bonchev–Trinajstić information content (AvgIpc) is 2.68. The van der Waals surface area contributed by atoms with Gasteiger partial charge < -0.3 is 9.80 Å². The third kappa shape index (κ3) is 4.84. The van der Waals surface area contributed by atoms with Crippen molar-refractivity contribution in [2.75, 3.05) is 37.6 Å². The molecule has 2 aromatic rings. The third-order valence-electron chi connectivity index (χ3n) is 4.89. The maximum atomic E-state index is 12.5. The number of nitrogens with one attached hydrogen (secondary N) is 1. The van der Waals surface area contributed by atoms with Crippen molar-refractivity contribution in [1.29, 1.82) is 0 Å². The van der Waals surface area contributed by atoms with Crippen molar-refractivity contribution in [3.05, 3.63) is 58.6 Å². The van der Waals surface area contributed by atoms with Crippen molar-refractivity contribution in [2.24, 2.45) is 0 Å². The molecule has 1 saturated heterocycles. The molecule has 0 atom stereocenters. The first-order chi connectivity index (χ1) is 13.3. The predicted octanol–water partition coefficient (Wildman–Crippen LogP) is 2.58. The van der Waals surface area contributed by atoms with Gasteiger partial charge in [-0.25, -0.2) is 13.1 Å². The number of sulfonamides is 1. The average molecular weight is 422 g/mol. The van der Waals surface area contributed by atoms with Gasteiger partial charge in [0, 0.05) is 36.9 Å². The number of aryl methyl sites for hydroxylation is 2. The van der Waals surface area contributed by atoms with E-state index in [9.17, 15) is 13.2 Å². The minimum atomic E-state index is -3.70. The molecular weight excluding hydrogens is 398 g/mol. The molecule has 1 aliphatic rings. The van der Waals surface area contributed by atoms with Crippen LogP contribution < -0.4 is 9.62 Å². The lowest BCUT2D eigenvalue weighted by Gasteiger charge is -2.37. The van der Waals surface area contributed by atoms with Gasteiger partial charge in [0.25, 0.3) is 0 Å². The molecule has 0 unspecified atom stereocenters. The molecule has 0 saturated carbocycles. The predicted molar refractivity (Wildman–Crippen MR) is 111 cm³/mol. The number of benzene rings is 2. The van der Waals surface area contributed by atoms with Crippen molar-refractivity contribution in [1.82, 2.24) is 9.62 Å². The van der Waals surface area contributed by atoms with Crippen LogP contribution in [-0.2, 0) is 14.8 Å². The van der Waals surface area contributed by atoms with Crippen LogP contribution in [0.4, 0.5) is 5.69 Å². The summed E-state index contributed by atoms with van der Waals surface area (Å²) in [5.41, 5.74) is 3.18. The monoisotopic (exact) mass is 421 g/mol. The number of amides is 1. The Morgan fingerprint density at radius 1 is 1.04 bits per heavy atom. The van der Waals surface area contributed by atoms with Crippen LogP contribution in [-0.4, -0.2) is 51.9 Å². The van der Waals surface area contributed by atoms with Crippen molar-refractivity contribution < 1.29 is 13.2 Å². The number of halogens is 1. The second-order valence-corrected chi connectivity index (χ2v) is 9.14. The molecular formula is C20H24ClN3O3S. The molecule has 6 nitrogen and oxygen atoms in total. The highest BCUT2D eigenvalue weighted by Gasteiger charge is 2.24. The maximum absolute atomic E-state index is 12.5. The van der Waals surface area contributed by atoms with E-state index >= 15 is 0 Å². The van der Waals surface area contributed by atoms with Gasteiger partial charge in [-0.2, -0.15) is 0 Å². The van der Waals surface area contributed by atoms with Gasteiger partial charge in [0.2, 0.25) is 15.9 Å². The minimum absolute atomic E-state index is 0.159. The topological polar surface area (TPSA) is 69.7 Å². The number of anilines is 1. The van der Waals surface area contributed by atoms with E-state index in [0.717, 1.165) is 16.8 Å². The lowest BCUT2D eigenvalue weighted by molar-refractivity contribution is -0.130. The number of carbonyl (C=O) groups excluding carboxylic acids is 1. The summed E-state index contributed by atoms with van der Waals surface area (Å²) in [5, 5.41) is 0.685. The van der Waals surface area contributed by atoms with Gasteiger partial charge >= 0.3 is 0 Å². The number of carbonyl (C=O) groups is 1. The van der Waals surface area contributed by atoms with Crippen LogP contribution >= 0.6 is 11.6 Å². The molecule has 0 radical (unpaired) electrons. The zero-order valence-electron chi connectivity index (χ0n) is 16.0. The number of piperazine rings is 1. The van der Waals surface area contributed by atoms with Crippen LogP contribution in [0.25, 0.3) is 0 Å². The minimum Gasteiger partial charge on any atom is -0.368 e. The zero-order valence-corrected chi connectivity index (χ0v) is 17.6. The molecule has 1 heterocycles. The standard InChI is InChI=1S/C20H24ClN3O3S/c1-15-3-7-18(8-4-15)28(26,27)22-14-20(25)24-11-9-23(10-12-24)19-13-17(21)6-5-16(19)2/h3-8,13,22H,9-12,14H2,1-2H3. The quantitative estimate of drug-likeness (QED) is 0.805. The van der Waals surface area contributed by atoms with Crippen LogP contribution in [0.15, 0.2) is 47.4 Å². The molecule has 150 valence electrons. The first kappa shape index (κ1) is 20.6. The molecule has 0 aromatic heterocycles. The van der Waals surface area contributed by atoms with Gasteiger partial charge in [-0.05, 0) is 43.7 Å². The normalized spacial score (nSPS) is 15.0. The summed E-state index contributed by atoms with van der Waals surface area (Å²) in [6.07, 6.45) is 0. The molecule has 0 aliphatic carbocycles. The molecule has 0 spiro atoms. The molecule has 1 fully saturated rings. The van der Waals surface area contributed by atoms with Gasteiger partial charge in [-0.3, -0.25) is 4.79 Å². The number of hydrogen-bond acceptors (Lipinski definition) is 4. The zero-order chi connectivity index (χ0) is 20.3. The lowest BCUT2D eigenvalue weighted by Crippen LogP contribution is -2.51. The van der Waals surface area contributed by atoms with Crippen LogP contribution in [0.1, 0.15) is 11.1 Å². The number of hydrogen-bond donors (Lipinski definition) is 1. The van der Waals surface area contributed by atoms with Crippen LogP contribution in [0, 0.1) is 13.8 Å². The molecule has 1 N–H and O–H groups in total.